The van der Waals surface area contributed by atoms with E-state index < -0.39 is 5.54 Å². The Morgan fingerprint density at radius 2 is 1.24 bits per heavy atom. The van der Waals surface area contributed by atoms with Gasteiger partial charge in [-0.2, -0.15) is 0 Å². The number of hydrogen-bond acceptors (Lipinski definition) is 3. The third-order valence-corrected chi connectivity index (χ3v) is 2.74. The Kier molecular flexibility index (Phi) is 3.10. The Bertz CT molecular complexity index is 459. The summed E-state index contributed by atoms with van der Waals surface area (Å²) in [5.41, 5.74) is -0.282. The fraction of sp³-hybridized carbons (Fsp3) is 0.0714. The average Bonchev–Trinajstić information content (AvgIpc) is 2.43. The first-order valence-corrected chi connectivity index (χ1v) is 5.25. The van der Waals surface area contributed by atoms with Gasteiger partial charge >= 0.3 is 0 Å². The van der Waals surface area contributed by atoms with Crippen molar-refractivity contribution >= 4 is 6.29 Å². The van der Waals surface area contributed by atoms with Gasteiger partial charge in [0.25, 0.3) is 0 Å². The summed E-state index contributed by atoms with van der Waals surface area (Å²) in [4.78, 5) is 22.5. The first kappa shape index (κ1) is 11.2. The summed E-state index contributed by atoms with van der Waals surface area (Å²) in [5, 5.41) is 3.06. The van der Waals surface area contributed by atoms with E-state index in [9.17, 15) is 9.70 Å². The molecule has 0 bridgehead atoms. The summed E-state index contributed by atoms with van der Waals surface area (Å²) in [7, 11) is 0. The highest BCUT2D eigenvalue weighted by atomic mass is 16.3. The summed E-state index contributed by atoms with van der Waals surface area (Å²) < 4.78 is 0. The second kappa shape index (κ2) is 4.70. The molecule has 3 nitrogen and oxygen atoms in total. The Hall–Kier alpha value is -2.29. The number of nitrogens with zero attached hydrogens (tertiary/aromatic N) is 1. The molecule has 0 amide bonds. The van der Waals surface area contributed by atoms with Crippen LogP contribution in [-0.2, 0) is 10.3 Å². The molecule has 0 aliphatic rings. The number of aldehydes is 1. The van der Waals surface area contributed by atoms with Crippen molar-refractivity contribution in [2.45, 2.75) is 5.54 Å². The first-order valence-electron chi connectivity index (χ1n) is 5.25. The predicted octanol–water partition coefficient (Wildman–Crippen LogP) is 2.90. The van der Waals surface area contributed by atoms with Gasteiger partial charge in [-0.25, -0.2) is 0 Å². The number of carbonyl (C=O) groups is 1. The van der Waals surface area contributed by atoms with E-state index in [0.717, 1.165) is 0 Å². The van der Waals surface area contributed by atoms with E-state index in [1.165, 1.54) is 0 Å². The van der Waals surface area contributed by atoms with Crippen LogP contribution < -0.4 is 0 Å². The topological polar surface area (TPSA) is 46.5 Å². The molecule has 0 radical (unpaired) electrons. The van der Waals surface area contributed by atoms with Crippen molar-refractivity contribution in [2.24, 2.45) is 5.18 Å². The van der Waals surface area contributed by atoms with Crippen LogP contribution in [0.4, 0.5) is 0 Å². The second-order valence-corrected chi connectivity index (χ2v) is 3.71. The minimum Gasteiger partial charge on any atom is -0.300 e. The lowest BCUT2D eigenvalue weighted by molar-refractivity contribution is -0.111. The Morgan fingerprint density at radius 1 is 0.824 bits per heavy atom. The van der Waals surface area contributed by atoms with Gasteiger partial charge in [-0.15, -0.1) is 4.91 Å². The highest BCUT2D eigenvalue weighted by Gasteiger charge is 2.35. The predicted molar refractivity (Wildman–Crippen MR) is 65.5 cm³/mol. The molecule has 0 aliphatic carbocycles. The molecule has 0 heterocycles. The molecule has 0 fully saturated rings. The summed E-state index contributed by atoms with van der Waals surface area (Å²) in [5.74, 6) is 0. The summed E-state index contributed by atoms with van der Waals surface area (Å²) in [6.07, 6.45) is 0.588. The molecule has 2 aromatic carbocycles. The molecule has 0 aliphatic heterocycles. The quantitative estimate of drug-likeness (QED) is 0.593. The van der Waals surface area contributed by atoms with Crippen LogP contribution in [0.2, 0.25) is 0 Å². The van der Waals surface area contributed by atoms with Crippen LogP contribution in [0, 0.1) is 4.91 Å². The lowest BCUT2D eigenvalue weighted by Crippen LogP contribution is -2.26. The van der Waals surface area contributed by atoms with Gasteiger partial charge < -0.3 is 0 Å². The SMILES string of the molecule is O=CC(N=O)(c1ccccc1)c1ccccc1. The average molecular weight is 225 g/mol. The van der Waals surface area contributed by atoms with E-state index in [1.54, 1.807) is 48.5 Å². The lowest BCUT2D eigenvalue weighted by Gasteiger charge is -2.20. The van der Waals surface area contributed by atoms with Crippen molar-refractivity contribution < 1.29 is 4.79 Å². The molecule has 3 heteroatoms. The summed E-state index contributed by atoms with van der Waals surface area (Å²) >= 11 is 0. The minimum atomic E-state index is -1.44. The molecular weight excluding hydrogens is 214 g/mol. The number of carbonyl (C=O) groups excluding carboxylic acids is 1. The Balaban J connectivity index is 2.62. The molecular formula is C14H11NO2. The number of hydrogen-bond donors (Lipinski definition) is 0. The molecule has 17 heavy (non-hydrogen) atoms. The van der Waals surface area contributed by atoms with E-state index in [-0.39, 0.29) is 0 Å². The van der Waals surface area contributed by atoms with Crippen LogP contribution >= 0.6 is 0 Å². The Labute approximate surface area is 99.1 Å². The largest absolute Gasteiger partial charge is 0.300 e. The second-order valence-electron chi connectivity index (χ2n) is 3.71. The van der Waals surface area contributed by atoms with Crippen LogP contribution in [0.1, 0.15) is 11.1 Å². The van der Waals surface area contributed by atoms with Crippen LogP contribution in [0.15, 0.2) is 65.8 Å². The number of benzene rings is 2. The zero-order valence-electron chi connectivity index (χ0n) is 9.11. The molecule has 0 aromatic heterocycles. The third-order valence-electron chi connectivity index (χ3n) is 2.74. The van der Waals surface area contributed by atoms with E-state index in [0.29, 0.717) is 17.4 Å². The van der Waals surface area contributed by atoms with E-state index in [2.05, 4.69) is 5.18 Å². The van der Waals surface area contributed by atoms with Crippen LogP contribution in [0.3, 0.4) is 0 Å². The van der Waals surface area contributed by atoms with Gasteiger partial charge in [0.15, 0.2) is 6.29 Å². The molecule has 0 saturated carbocycles. The van der Waals surface area contributed by atoms with Crippen molar-refractivity contribution in [3.05, 3.63) is 76.7 Å². The standard InChI is InChI=1S/C14H11NO2/c16-11-14(15-17,12-7-3-1-4-8-12)13-9-5-2-6-10-13/h1-11H. The zero-order valence-corrected chi connectivity index (χ0v) is 9.11. The molecule has 2 aromatic rings. The summed E-state index contributed by atoms with van der Waals surface area (Å²) in [6, 6.07) is 17.7. The maximum atomic E-state index is 11.4. The van der Waals surface area contributed by atoms with Crippen LogP contribution in [0.25, 0.3) is 0 Å². The van der Waals surface area contributed by atoms with Crippen LogP contribution in [0.5, 0.6) is 0 Å². The number of nitroso groups, excluding NO2 is 1. The fourth-order valence-electron chi connectivity index (χ4n) is 1.81. The van der Waals surface area contributed by atoms with Crippen molar-refractivity contribution in [2.75, 3.05) is 0 Å². The first-order chi connectivity index (χ1) is 8.33. The molecule has 0 spiro atoms. The molecule has 2 rings (SSSR count). The highest BCUT2D eigenvalue weighted by molar-refractivity contribution is 5.74. The zero-order chi connectivity index (χ0) is 12.1. The van der Waals surface area contributed by atoms with Gasteiger partial charge in [0.05, 0.1) is 0 Å². The maximum Gasteiger partial charge on any atom is 0.207 e. The molecule has 0 atom stereocenters. The van der Waals surface area contributed by atoms with Crippen molar-refractivity contribution in [1.29, 1.82) is 0 Å². The Morgan fingerprint density at radius 3 is 1.53 bits per heavy atom. The van der Waals surface area contributed by atoms with Crippen molar-refractivity contribution in [1.82, 2.24) is 0 Å². The van der Waals surface area contributed by atoms with Crippen LogP contribution in [-0.4, -0.2) is 6.29 Å². The monoisotopic (exact) mass is 225 g/mol. The van der Waals surface area contributed by atoms with Crippen molar-refractivity contribution in [3.8, 4) is 0 Å². The van der Waals surface area contributed by atoms with E-state index >= 15 is 0 Å². The third kappa shape index (κ3) is 1.87. The summed E-state index contributed by atoms with van der Waals surface area (Å²) in [6.45, 7) is 0. The molecule has 0 unspecified atom stereocenters. The van der Waals surface area contributed by atoms with E-state index in [4.69, 9.17) is 0 Å². The van der Waals surface area contributed by atoms with Gasteiger partial charge in [-0.3, -0.25) is 4.79 Å². The molecule has 84 valence electrons. The number of rotatable bonds is 4. The van der Waals surface area contributed by atoms with Gasteiger partial charge in [0.1, 0.15) is 0 Å². The highest BCUT2D eigenvalue weighted by Crippen LogP contribution is 2.31. The van der Waals surface area contributed by atoms with E-state index in [1.807, 2.05) is 12.1 Å². The van der Waals surface area contributed by atoms with Gasteiger partial charge in [-0.05, 0) is 16.3 Å². The minimum absolute atomic E-state index is 0.580. The van der Waals surface area contributed by atoms with Gasteiger partial charge in [0.2, 0.25) is 5.54 Å². The fourth-order valence-corrected chi connectivity index (χ4v) is 1.81. The molecule has 0 N–H and O–H groups in total. The molecule has 0 saturated heterocycles. The van der Waals surface area contributed by atoms with Gasteiger partial charge in [0, 0.05) is 0 Å². The smallest absolute Gasteiger partial charge is 0.207 e. The normalized spacial score (nSPS) is 10.8. The lowest BCUT2D eigenvalue weighted by atomic mass is 9.85. The van der Waals surface area contributed by atoms with Gasteiger partial charge in [-0.1, -0.05) is 60.7 Å². The maximum absolute atomic E-state index is 11.4. The van der Waals surface area contributed by atoms with Crippen molar-refractivity contribution in [3.63, 3.8) is 0 Å².